The highest BCUT2D eigenvalue weighted by molar-refractivity contribution is 6.33. The Hall–Kier alpha value is -2.14. The number of carboxylic acids is 1. The Balaban J connectivity index is 2.12. The normalized spacial score (nSPS) is 10.2. The van der Waals surface area contributed by atoms with E-state index in [2.05, 4.69) is 15.3 Å². The van der Waals surface area contributed by atoms with Crippen LogP contribution in [0, 0.1) is 6.92 Å². The van der Waals surface area contributed by atoms with E-state index in [4.69, 9.17) is 16.7 Å². The van der Waals surface area contributed by atoms with Crippen LogP contribution in [0.25, 0.3) is 0 Å². The highest BCUT2D eigenvalue weighted by Gasteiger charge is 2.08. The molecule has 0 spiro atoms. The van der Waals surface area contributed by atoms with E-state index < -0.39 is 5.97 Å². The molecule has 0 fully saturated rings. The molecule has 2 aromatic heterocycles. The highest BCUT2D eigenvalue weighted by atomic mass is 35.5. The molecular formula is C13H12ClN3O2. The van der Waals surface area contributed by atoms with Gasteiger partial charge in [-0.05, 0) is 30.2 Å². The third-order valence-corrected chi connectivity index (χ3v) is 2.97. The number of hydrogen-bond donors (Lipinski definition) is 2. The lowest BCUT2D eigenvalue weighted by molar-refractivity contribution is 0.0696. The van der Waals surface area contributed by atoms with Gasteiger partial charge in [0.05, 0.1) is 10.6 Å². The molecule has 98 valence electrons. The standard InChI is InChI=1S/C13H12ClN3O2/c1-8-2-3-15-5-10(8)7-17-12-11(14)4-9(6-16-12)13(18)19/h2-6H,7H2,1H3,(H,16,17)(H,18,19). The molecule has 0 saturated carbocycles. The van der Waals surface area contributed by atoms with Crippen LogP contribution in [0.4, 0.5) is 5.82 Å². The molecule has 5 nitrogen and oxygen atoms in total. The molecule has 0 atom stereocenters. The Labute approximate surface area is 115 Å². The third-order valence-electron chi connectivity index (χ3n) is 2.68. The highest BCUT2D eigenvalue weighted by Crippen LogP contribution is 2.21. The molecule has 0 aliphatic carbocycles. The number of carboxylic acid groups (broad SMARTS) is 1. The minimum Gasteiger partial charge on any atom is -0.478 e. The van der Waals surface area contributed by atoms with Crippen LogP contribution < -0.4 is 5.32 Å². The summed E-state index contributed by atoms with van der Waals surface area (Å²) in [6.45, 7) is 2.51. The Kier molecular flexibility index (Phi) is 3.97. The van der Waals surface area contributed by atoms with Gasteiger partial charge in [-0.1, -0.05) is 11.6 Å². The number of halogens is 1. The van der Waals surface area contributed by atoms with Gasteiger partial charge in [0.15, 0.2) is 0 Å². The molecule has 0 amide bonds. The predicted octanol–water partition coefficient (Wildman–Crippen LogP) is 2.75. The SMILES string of the molecule is Cc1ccncc1CNc1ncc(C(=O)O)cc1Cl. The van der Waals surface area contributed by atoms with Gasteiger partial charge >= 0.3 is 5.97 Å². The van der Waals surface area contributed by atoms with E-state index in [9.17, 15) is 4.79 Å². The zero-order valence-corrected chi connectivity index (χ0v) is 11.0. The van der Waals surface area contributed by atoms with Crippen LogP contribution in [0.1, 0.15) is 21.5 Å². The van der Waals surface area contributed by atoms with Crippen molar-refractivity contribution in [2.24, 2.45) is 0 Å². The topological polar surface area (TPSA) is 75.1 Å². The van der Waals surface area contributed by atoms with Gasteiger partial charge < -0.3 is 10.4 Å². The number of pyridine rings is 2. The minimum absolute atomic E-state index is 0.0631. The summed E-state index contributed by atoms with van der Waals surface area (Å²) >= 11 is 5.98. The van der Waals surface area contributed by atoms with Gasteiger partial charge in [0.2, 0.25) is 0 Å². The molecule has 6 heteroatoms. The summed E-state index contributed by atoms with van der Waals surface area (Å²) in [4.78, 5) is 18.8. The first kappa shape index (κ1) is 13.3. The maximum Gasteiger partial charge on any atom is 0.337 e. The molecule has 2 rings (SSSR count). The van der Waals surface area contributed by atoms with Crippen molar-refractivity contribution in [1.82, 2.24) is 9.97 Å². The van der Waals surface area contributed by atoms with Crippen molar-refractivity contribution >= 4 is 23.4 Å². The molecule has 19 heavy (non-hydrogen) atoms. The Morgan fingerprint density at radius 1 is 1.47 bits per heavy atom. The molecule has 0 saturated heterocycles. The van der Waals surface area contributed by atoms with Crippen molar-refractivity contribution in [3.8, 4) is 0 Å². The largest absolute Gasteiger partial charge is 0.478 e. The zero-order valence-electron chi connectivity index (χ0n) is 10.2. The number of nitrogens with one attached hydrogen (secondary N) is 1. The van der Waals surface area contributed by atoms with Crippen LogP contribution in [-0.2, 0) is 6.54 Å². The Bertz CT molecular complexity index is 617. The van der Waals surface area contributed by atoms with E-state index >= 15 is 0 Å². The molecule has 0 radical (unpaired) electrons. The summed E-state index contributed by atoms with van der Waals surface area (Å²) in [5.41, 5.74) is 2.21. The van der Waals surface area contributed by atoms with Gasteiger partial charge in [0.1, 0.15) is 5.82 Å². The monoisotopic (exact) mass is 277 g/mol. The lowest BCUT2D eigenvalue weighted by atomic mass is 10.1. The summed E-state index contributed by atoms with van der Waals surface area (Å²) in [5, 5.41) is 12.2. The van der Waals surface area contributed by atoms with Gasteiger partial charge in [-0.15, -0.1) is 0 Å². The van der Waals surface area contributed by atoms with Gasteiger partial charge in [0.25, 0.3) is 0 Å². The maximum atomic E-state index is 10.8. The molecule has 2 aromatic rings. The van der Waals surface area contributed by atoms with Crippen molar-refractivity contribution in [1.29, 1.82) is 0 Å². The van der Waals surface area contributed by atoms with Crippen molar-refractivity contribution in [2.75, 3.05) is 5.32 Å². The average molecular weight is 278 g/mol. The fourth-order valence-electron chi connectivity index (χ4n) is 1.55. The molecule has 0 aliphatic heterocycles. The van der Waals surface area contributed by atoms with E-state index in [1.54, 1.807) is 12.4 Å². The van der Waals surface area contributed by atoms with Gasteiger partial charge in [-0.25, -0.2) is 9.78 Å². The lowest BCUT2D eigenvalue weighted by Crippen LogP contribution is -2.05. The molecule has 2 heterocycles. The lowest BCUT2D eigenvalue weighted by Gasteiger charge is -2.09. The first-order chi connectivity index (χ1) is 9.08. The summed E-state index contributed by atoms with van der Waals surface area (Å²) in [7, 11) is 0. The van der Waals surface area contributed by atoms with Crippen molar-refractivity contribution in [3.05, 3.63) is 52.4 Å². The third kappa shape index (κ3) is 3.20. The number of nitrogens with zero attached hydrogens (tertiary/aromatic N) is 2. The van der Waals surface area contributed by atoms with E-state index in [0.717, 1.165) is 11.1 Å². The van der Waals surface area contributed by atoms with E-state index in [0.29, 0.717) is 12.4 Å². The average Bonchev–Trinajstić information content (AvgIpc) is 2.39. The van der Waals surface area contributed by atoms with E-state index in [1.807, 2.05) is 13.0 Å². The second kappa shape index (κ2) is 5.67. The quantitative estimate of drug-likeness (QED) is 0.899. The van der Waals surface area contributed by atoms with Crippen molar-refractivity contribution in [2.45, 2.75) is 13.5 Å². The number of aromatic carboxylic acids is 1. The summed E-state index contributed by atoms with van der Waals surface area (Å²) in [6.07, 6.45) is 4.76. The van der Waals surface area contributed by atoms with Gasteiger partial charge in [-0.2, -0.15) is 0 Å². The van der Waals surface area contributed by atoms with Crippen LogP contribution in [-0.4, -0.2) is 21.0 Å². The summed E-state index contributed by atoms with van der Waals surface area (Å²) in [5.74, 6) is -0.598. The predicted molar refractivity (Wildman–Crippen MR) is 72.5 cm³/mol. The van der Waals surface area contributed by atoms with Crippen molar-refractivity contribution in [3.63, 3.8) is 0 Å². The van der Waals surface area contributed by atoms with Crippen LogP contribution in [0.3, 0.4) is 0 Å². The number of anilines is 1. The molecule has 2 N–H and O–H groups in total. The van der Waals surface area contributed by atoms with Crippen LogP contribution in [0.2, 0.25) is 5.02 Å². The smallest absolute Gasteiger partial charge is 0.337 e. The number of hydrogen-bond acceptors (Lipinski definition) is 4. The molecule has 0 aliphatic rings. The second-order valence-electron chi connectivity index (χ2n) is 4.02. The molecule has 0 aromatic carbocycles. The molecular weight excluding hydrogens is 266 g/mol. The summed E-state index contributed by atoms with van der Waals surface area (Å²) in [6, 6.07) is 3.29. The second-order valence-corrected chi connectivity index (χ2v) is 4.42. The zero-order chi connectivity index (χ0) is 13.8. The summed E-state index contributed by atoms with van der Waals surface area (Å²) < 4.78 is 0. The maximum absolute atomic E-state index is 10.8. The fourth-order valence-corrected chi connectivity index (χ4v) is 1.78. The number of aryl methyl sites for hydroxylation is 1. The van der Waals surface area contributed by atoms with E-state index in [-0.39, 0.29) is 10.6 Å². The van der Waals surface area contributed by atoms with Crippen LogP contribution in [0.5, 0.6) is 0 Å². The first-order valence-electron chi connectivity index (χ1n) is 5.60. The Morgan fingerprint density at radius 3 is 2.89 bits per heavy atom. The molecule has 0 unspecified atom stereocenters. The number of rotatable bonds is 4. The fraction of sp³-hybridized carbons (Fsp3) is 0.154. The molecule has 0 bridgehead atoms. The van der Waals surface area contributed by atoms with Gasteiger partial charge in [-0.3, -0.25) is 4.98 Å². The van der Waals surface area contributed by atoms with Crippen LogP contribution >= 0.6 is 11.6 Å². The van der Waals surface area contributed by atoms with Crippen molar-refractivity contribution < 1.29 is 9.90 Å². The number of aromatic nitrogens is 2. The minimum atomic E-state index is -1.05. The Morgan fingerprint density at radius 2 is 2.26 bits per heavy atom. The van der Waals surface area contributed by atoms with Crippen LogP contribution in [0.15, 0.2) is 30.7 Å². The number of carbonyl (C=O) groups is 1. The first-order valence-corrected chi connectivity index (χ1v) is 5.98. The van der Waals surface area contributed by atoms with E-state index in [1.165, 1.54) is 12.3 Å². The van der Waals surface area contributed by atoms with Gasteiger partial charge in [0, 0.05) is 25.1 Å².